The molecule has 0 atom stereocenters. The molecule has 0 aliphatic carbocycles. The van der Waals surface area contributed by atoms with Crippen LogP contribution < -0.4 is 5.32 Å². The van der Waals surface area contributed by atoms with Gasteiger partial charge in [0.15, 0.2) is 0 Å². The minimum Gasteiger partial charge on any atom is -0.458 e. The van der Waals surface area contributed by atoms with E-state index in [0.29, 0.717) is 6.42 Å². The van der Waals surface area contributed by atoms with Crippen LogP contribution in [0.5, 0.6) is 0 Å². The van der Waals surface area contributed by atoms with Crippen LogP contribution in [0.1, 0.15) is 18.9 Å². The molecule has 1 aromatic carbocycles. The Morgan fingerprint density at radius 2 is 2.00 bits per heavy atom. The van der Waals surface area contributed by atoms with Crippen molar-refractivity contribution >= 4 is 5.76 Å². The predicted octanol–water partition coefficient (Wildman–Crippen LogP) is 2.22. The summed E-state index contributed by atoms with van der Waals surface area (Å²) in [6, 6.07) is 9.92. The molecule has 0 saturated heterocycles. The molecule has 3 nitrogen and oxygen atoms in total. The van der Waals surface area contributed by atoms with Gasteiger partial charge in [0, 0.05) is 24.8 Å². The van der Waals surface area contributed by atoms with Gasteiger partial charge >= 0.3 is 0 Å². The third kappa shape index (κ3) is 2.25. The van der Waals surface area contributed by atoms with Crippen LogP contribution in [0.3, 0.4) is 0 Å². The standard InChI is InChI=1S/C13H15NO2/c1-10-12(7-8-15)14-9-13(16-10)11-5-3-2-4-6-11/h2-6,9,14-15H,7-8H2,1H3. The molecule has 1 aliphatic rings. The van der Waals surface area contributed by atoms with E-state index in [0.717, 1.165) is 22.8 Å². The largest absolute Gasteiger partial charge is 0.458 e. The number of aliphatic hydroxyl groups is 1. The molecule has 0 aromatic heterocycles. The SMILES string of the molecule is CC1=C(CCO)NC=C(c2ccccc2)O1. The lowest BCUT2D eigenvalue weighted by atomic mass is 10.1. The first-order valence-electron chi connectivity index (χ1n) is 5.32. The summed E-state index contributed by atoms with van der Waals surface area (Å²) in [5, 5.41) is 12.0. The zero-order valence-electron chi connectivity index (χ0n) is 9.23. The molecule has 2 rings (SSSR count). The fourth-order valence-electron chi connectivity index (χ4n) is 1.61. The van der Waals surface area contributed by atoms with E-state index < -0.39 is 0 Å². The highest BCUT2D eigenvalue weighted by Gasteiger charge is 2.12. The molecule has 0 amide bonds. The summed E-state index contributed by atoms with van der Waals surface area (Å²) in [6.07, 6.45) is 2.41. The van der Waals surface area contributed by atoms with Crippen molar-refractivity contribution in [1.82, 2.24) is 5.32 Å². The molecule has 16 heavy (non-hydrogen) atoms. The molecule has 1 aromatic rings. The van der Waals surface area contributed by atoms with Gasteiger partial charge in [0.05, 0.1) is 5.70 Å². The Morgan fingerprint density at radius 1 is 1.25 bits per heavy atom. The lowest BCUT2D eigenvalue weighted by Crippen LogP contribution is -2.16. The molecule has 0 spiro atoms. The Kier molecular flexibility index (Phi) is 3.27. The van der Waals surface area contributed by atoms with Crippen LogP contribution in [0, 0.1) is 0 Å². The maximum atomic E-state index is 8.87. The van der Waals surface area contributed by atoms with E-state index in [4.69, 9.17) is 9.84 Å². The van der Waals surface area contributed by atoms with Gasteiger partial charge in [-0.15, -0.1) is 0 Å². The van der Waals surface area contributed by atoms with Gasteiger partial charge in [-0.1, -0.05) is 30.3 Å². The first-order chi connectivity index (χ1) is 7.81. The Bertz CT molecular complexity index is 421. The summed E-state index contributed by atoms with van der Waals surface area (Å²) in [7, 11) is 0. The van der Waals surface area contributed by atoms with Crippen LogP contribution in [0.25, 0.3) is 5.76 Å². The zero-order valence-corrected chi connectivity index (χ0v) is 9.23. The zero-order chi connectivity index (χ0) is 11.4. The highest BCUT2D eigenvalue weighted by atomic mass is 16.5. The third-order valence-corrected chi connectivity index (χ3v) is 2.49. The summed E-state index contributed by atoms with van der Waals surface area (Å²) in [5.74, 6) is 1.62. The van der Waals surface area contributed by atoms with Gasteiger partial charge in [-0.2, -0.15) is 0 Å². The van der Waals surface area contributed by atoms with Crippen LogP contribution in [0.15, 0.2) is 48.0 Å². The van der Waals surface area contributed by atoms with Crippen molar-refractivity contribution in [2.45, 2.75) is 13.3 Å². The van der Waals surface area contributed by atoms with Gasteiger partial charge in [0.25, 0.3) is 0 Å². The topological polar surface area (TPSA) is 41.5 Å². The smallest absolute Gasteiger partial charge is 0.150 e. The summed E-state index contributed by atoms with van der Waals surface area (Å²) in [4.78, 5) is 0. The van der Waals surface area contributed by atoms with Crippen molar-refractivity contribution in [3.8, 4) is 0 Å². The maximum Gasteiger partial charge on any atom is 0.150 e. The Labute approximate surface area is 95.1 Å². The quantitative estimate of drug-likeness (QED) is 0.815. The van der Waals surface area contributed by atoms with Crippen LogP contribution >= 0.6 is 0 Å². The second-order valence-corrected chi connectivity index (χ2v) is 3.63. The first-order valence-corrected chi connectivity index (χ1v) is 5.32. The number of hydrogen-bond donors (Lipinski definition) is 2. The van der Waals surface area contributed by atoms with E-state index >= 15 is 0 Å². The molecule has 0 saturated carbocycles. The first kappa shape index (κ1) is 10.8. The Hall–Kier alpha value is -1.74. The number of benzene rings is 1. The average molecular weight is 217 g/mol. The molecular formula is C13H15NO2. The Morgan fingerprint density at radius 3 is 2.62 bits per heavy atom. The minimum atomic E-state index is 0.123. The van der Waals surface area contributed by atoms with Gasteiger partial charge in [0.2, 0.25) is 0 Å². The van der Waals surface area contributed by atoms with Crippen LogP contribution in [-0.2, 0) is 4.74 Å². The van der Waals surface area contributed by atoms with E-state index in [1.54, 1.807) is 0 Å². The average Bonchev–Trinajstić information content (AvgIpc) is 2.33. The van der Waals surface area contributed by atoms with Crippen molar-refractivity contribution in [3.05, 3.63) is 53.6 Å². The van der Waals surface area contributed by atoms with E-state index in [1.165, 1.54) is 0 Å². The fraction of sp³-hybridized carbons (Fsp3) is 0.231. The highest BCUT2D eigenvalue weighted by Crippen LogP contribution is 2.23. The Balaban J connectivity index is 2.13. The molecule has 0 bridgehead atoms. The van der Waals surface area contributed by atoms with Gasteiger partial charge in [-0.05, 0) is 6.92 Å². The fourth-order valence-corrected chi connectivity index (χ4v) is 1.61. The van der Waals surface area contributed by atoms with Crippen molar-refractivity contribution in [3.63, 3.8) is 0 Å². The molecule has 0 radical (unpaired) electrons. The monoisotopic (exact) mass is 217 g/mol. The molecule has 84 valence electrons. The lowest BCUT2D eigenvalue weighted by molar-refractivity contribution is 0.288. The van der Waals surface area contributed by atoms with Crippen molar-refractivity contribution in [1.29, 1.82) is 0 Å². The second kappa shape index (κ2) is 4.86. The number of nitrogens with one attached hydrogen (secondary N) is 1. The van der Waals surface area contributed by atoms with E-state index in [9.17, 15) is 0 Å². The van der Waals surface area contributed by atoms with Crippen molar-refractivity contribution in [2.24, 2.45) is 0 Å². The predicted molar refractivity (Wildman–Crippen MR) is 63.0 cm³/mol. The summed E-state index contributed by atoms with van der Waals surface area (Å²) in [6.45, 7) is 2.02. The van der Waals surface area contributed by atoms with Crippen LogP contribution in [0.2, 0.25) is 0 Å². The minimum absolute atomic E-state index is 0.123. The molecule has 0 fully saturated rings. The molecule has 1 aliphatic heterocycles. The third-order valence-electron chi connectivity index (χ3n) is 2.49. The van der Waals surface area contributed by atoms with E-state index in [1.807, 2.05) is 43.5 Å². The van der Waals surface area contributed by atoms with Gasteiger partial charge in [-0.3, -0.25) is 0 Å². The van der Waals surface area contributed by atoms with Gasteiger partial charge in [0.1, 0.15) is 11.5 Å². The van der Waals surface area contributed by atoms with Crippen LogP contribution in [-0.4, -0.2) is 11.7 Å². The number of ether oxygens (including phenoxy) is 1. The van der Waals surface area contributed by atoms with E-state index in [-0.39, 0.29) is 6.61 Å². The number of aliphatic hydroxyl groups excluding tert-OH is 1. The van der Waals surface area contributed by atoms with E-state index in [2.05, 4.69) is 5.32 Å². The molecule has 0 unspecified atom stereocenters. The summed E-state index contributed by atoms with van der Waals surface area (Å²) < 4.78 is 5.70. The molecule has 3 heteroatoms. The molecule has 1 heterocycles. The number of rotatable bonds is 3. The van der Waals surface area contributed by atoms with Crippen LogP contribution in [0.4, 0.5) is 0 Å². The van der Waals surface area contributed by atoms with Crippen molar-refractivity contribution < 1.29 is 9.84 Å². The van der Waals surface area contributed by atoms with Crippen molar-refractivity contribution in [2.75, 3.05) is 6.61 Å². The summed E-state index contributed by atoms with van der Waals surface area (Å²) in [5.41, 5.74) is 1.97. The molecular weight excluding hydrogens is 202 g/mol. The number of hydrogen-bond acceptors (Lipinski definition) is 3. The maximum absolute atomic E-state index is 8.87. The summed E-state index contributed by atoms with van der Waals surface area (Å²) >= 11 is 0. The number of allylic oxidation sites excluding steroid dienone is 1. The van der Waals surface area contributed by atoms with Gasteiger partial charge in [-0.25, -0.2) is 0 Å². The second-order valence-electron chi connectivity index (χ2n) is 3.63. The normalized spacial score (nSPS) is 15.2. The highest BCUT2D eigenvalue weighted by molar-refractivity contribution is 5.61. The van der Waals surface area contributed by atoms with Gasteiger partial charge < -0.3 is 15.2 Å². The lowest BCUT2D eigenvalue weighted by Gasteiger charge is -2.20. The molecule has 2 N–H and O–H groups in total.